The van der Waals surface area contributed by atoms with Gasteiger partial charge in [0.2, 0.25) is 0 Å². The maximum absolute atomic E-state index is 14.0. The number of carbonyl (C=O) groups excluding carboxylic acids is 2. The van der Waals surface area contributed by atoms with Crippen LogP contribution in [0, 0.1) is 0 Å². The molecule has 1 aromatic rings. The van der Waals surface area contributed by atoms with E-state index in [4.69, 9.17) is 16.3 Å². The first kappa shape index (κ1) is 25.3. The number of hydrogen-bond acceptors (Lipinski definition) is 3. The summed E-state index contributed by atoms with van der Waals surface area (Å²) in [6, 6.07) is 7.34. The second-order valence-corrected chi connectivity index (χ2v) is 28.5. The number of esters is 1. The van der Waals surface area contributed by atoms with Gasteiger partial charge < -0.3 is 4.74 Å². The van der Waals surface area contributed by atoms with E-state index in [0.29, 0.717) is 16.6 Å². The van der Waals surface area contributed by atoms with Crippen molar-refractivity contribution in [2.45, 2.75) is 82.7 Å². The van der Waals surface area contributed by atoms with Gasteiger partial charge in [-0.3, -0.25) is 4.79 Å². The van der Waals surface area contributed by atoms with E-state index in [1.165, 1.54) is 0 Å². The van der Waals surface area contributed by atoms with E-state index in [1.54, 1.807) is 24.3 Å². The lowest BCUT2D eigenvalue weighted by molar-refractivity contribution is -0.133. The average Bonchev–Trinajstić information content (AvgIpc) is 2.41. The van der Waals surface area contributed by atoms with Gasteiger partial charge in [-0.05, 0) is 31.2 Å². The number of benzene rings is 1. The molecule has 28 heavy (non-hydrogen) atoms. The fourth-order valence-electron chi connectivity index (χ4n) is 4.46. The fraction of sp³-hybridized carbons (Fsp3) is 0.619. The summed E-state index contributed by atoms with van der Waals surface area (Å²) < 4.78 is 6.02. The van der Waals surface area contributed by atoms with Crippen LogP contribution in [0.3, 0.4) is 0 Å². The molecule has 7 heteroatoms. The summed E-state index contributed by atoms with van der Waals surface area (Å²) >= 11 is 6.04. The number of rotatable bonds is 8. The Hall–Kier alpha value is -0.699. The molecule has 1 aromatic carbocycles. The van der Waals surface area contributed by atoms with Gasteiger partial charge in [0.1, 0.15) is 0 Å². The Balaban J connectivity index is 3.40. The lowest BCUT2D eigenvalue weighted by atomic mass is 10.0. The molecule has 0 aliphatic rings. The Morgan fingerprint density at radius 2 is 1.50 bits per heavy atom. The van der Waals surface area contributed by atoms with Gasteiger partial charge in [0, 0.05) is 18.3 Å². The van der Waals surface area contributed by atoms with Gasteiger partial charge in [-0.2, -0.15) is 0 Å². The third-order valence-electron chi connectivity index (χ3n) is 4.76. The summed E-state index contributed by atoms with van der Waals surface area (Å²) in [5.74, 6) is -0.342. The summed E-state index contributed by atoms with van der Waals surface area (Å²) in [7, 11) is -5.28. The Morgan fingerprint density at radius 3 is 1.89 bits per heavy atom. The number of carbonyl (C=O) groups is 2. The smallest absolute Gasteiger partial charge is 0.339 e. The molecule has 1 atom stereocenters. The van der Waals surface area contributed by atoms with Gasteiger partial charge >= 0.3 is 5.97 Å². The second-order valence-electron chi connectivity index (χ2n) is 11.4. The molecule has 0 aliphatic carbocycles. The number of hydrogen-bond donors (Lipinski definition) is 0. The summed E-state index contributed by atoms with van der Waals surface area (Å²) in [4.78, 5) is 26.9. The van der Waals surface area contributed by atoms with Crippen LogP contribution in [0.5, 0.6) is 0 Å². The first-order valence-electron chi connectivity index (χ1n) is 9.90. The van der Waals surface area contributed by atoms with Crippen LogP contribution in [0.1, 0.15) is 17.3 Å². The molecule has 0 amide bonds. The molecular weight excluding hydrogens is 420 g/mol. The van der Waals surface area contributed by atoms with E-state index < -0.39 is 35.8 Å². The first-order valence-corrected chi connectivity index (χ1v) is 21.1. The first-order chi connectivity index (χ1) is 12.4. The molecule has 0 aliphatic heterocycles. The normalized spacial score (nSPS) is 15.3. The Morgan fingerprint density at radius 1 is 1.00 bits per heavy atom. The van der Waals surface area contributed by atoms with Crippen LogP contribution < -0.4 is 0 Å². The van der Waals surface area contributed by atoms with E-state index in [0.717, 1.165) is 0 Å². The lowest BCUT2D eigenvalue weighted by Crippen LogP contribution is -2.57. The van der Waals surface area contributed by atoms with Crippen molar-refractivity contribution in [2.75, 3.05) is 0 Å². The van der Waals surface area contributed by atoms with Crippen LogP contribution in [-0.2, 0) is 9.53 Å². The SMILES string of the molecule is CC(C[Si](C)(C)C)(OC(=O)c1cccc(Cl)c1)C(=O)C([Si](C)(C)C)[Si](C)(C)C. The predicted octanol–water partition coefficient (Wildman–Crippen LogP) is 6.75. The van der Waals surface area contributed by atoms with Gasteiger partial charge in [0.05, 0.1) is 21.7 Å². The summed E-state index contributed by atoms with van der Waals surface area (Å²) in [5.41, 5.74) is -0.714. The molecule has 0 fully saturated rings. The molecule has 3 nitrogen and oxygen atoms in total. The number of Topliss-reactive ketones (excluding diaryl/α,β-unsaturated/α-hetero) is 1. The van der Waals surface area contributed by atoms with Crippen molar-refractivity contribution in [1.82, 2.24) is 0 Å². The molecule has 0 saturated heterocycles. The maximum Gasteiger partial charge on any atom is 0.339 e. The van der Waals surface area contributed by atoms with Crippen molar-refractivity contribution in [3.8, 4) is 0 Å². The summed E-state index contributed by atoms with van der Waals surface area (Å²) in [5, 5.41) is 0.503. The van der Waals surface area contributed by atoms with E-state index in [-0.39, 0.29) is 10.9 Å². The topological polar surface area (TPSA) is 43.4 Å². The Kier molecular flexibility index (Phi) is 7.76. The number of ether oxygens (including phenoxy) is 1. The zero-order chi connectivity index (χ0) is 22.1. The summed E-state index contributed by atoms with van der Waals surface area (Å²) in [6.07, 6.45) is 0. The molecule has 0 bridgehead atoms. The van der Waals surface area contributed by atoms with Crippen molar-refractivity contribution in [3.05, 3.63) is 34.9 Å². The van der Waals surface area contributed by atoms with Crippen molar-refractivity contribution in [3.63, 3.8) is 0 Å². The molecule has 0 heterocycles. The quantitative estimate of drug-likeness (QED) is 0.321. The van der Waals surface area contributed by atoms with Crippen LogP contribution in [0.15, 0.2) is 24.3 Å². The molecule has 0 saturated carbocycles. The van der Waals surface area contributed by atoms with Crippen molar-refractivity contribution >= 4 is 47.6 Å². The minimum absolute atomic E-state index is 0.0218. The fourth-order valence-corrected chi connectivity index (χ4v) is 19.5. The van der Waals surface area contributed by atoms with Crippen LogP contribution >= 0.6 is 11.6 Å². The van der Waals surface area contributed by atoms with Crippen LogP contribution in [-0.4, -0.2) is 41.6 Å². The third kappa shape index (κ3) is 6.97. The Labute approximate surface area is 179 Å². The van der Waals surface area contributed by atoms with E-state index in [2.05, 4.69) is 58.9 Å². The monoisotopic (exact) mass is 456 g/mol. The largest absolute Gasteiger partial charge is 0.448 e. The van der Waals surface area contributed by atoms with Crippen molar-refractivity contribution in [2.24, 2.45) is 0 Å². The second kappa shape index (κ2) is 8.58. The standard InChI is InChI=1S/C21H37ClO3Si3/c1-21(15-26(2,3)4,18(23)20(27(5,6)7)28(8,9)10)25-19(24)16-12-11-13-17(22)14-16/h11-14,20H,15H2,1-10H3. The predicted molar refractivity (Wildman–Crippen MR) is 129 cm³/mol. The highest BCUT2D eigenvalue weighted by Gasteiger charge is 2.52. The molecular formula is C21H37ClO3Si3. The molecule has 0 N–H and O–H groups in total. The van der Waals surface area contributed by atoms with Crippen LogP contribution in [0.4, 0.5) is 0 Å². The van der Waals surface area contributed by atoms with Crippen LogP contribution in [0.25, 0.3) is 0 Å². The van der Waals surface area contributed by atoms with Crippen LogP contribution in [0.2, 0.25) is 75.2 Å². The van der Waals surface area contributed by atoms with Gasteiger partial charge in [0.15, 0.2) is 11.4 Å². The van der Waals surface area contributed by atoms with E-state index >= 15 is 0 Å². The molecule has 1 rings (SSSR count). The zero-order valence-electron chi connectivity index (χ0n) is 19.2. The number of halogens is 1. The van der Waals surface area contributed by atoms with Gasteiger partial charge in [-0.25, -0.2) is 4.79 Å². The van der Waals surface area contributed by atoms with Gasteiger partial charge in [-0.1, -0.05) is 76.6 Å². The van der Waals surface area contributed by atoms with E-state index in [9.17, 15) is 9.59 Å². The highest BCUT2D eigenvalue weighted by atomic mass is 35.5. The number of ketones is 1. The summed E-state index contributed by atoms with van der Waals surface area (Å²) in [6.45, 7) is 22.0. The van der Waals surface area contributed by atoms with Crippen molar-refractivity contribution in [1.29, 1.82) is 0 Å². The van der Waals surface area contributed by atoms with Gasteiger partial charge in [-0.15, -0.1) is 0 Å². The molecule has 0 spiro atoms. The van der Waals surface area contributed by atoms with Crippen molar-refractivity contribution < 1.29 is 14.3 Å². The maximum atomic E-state index is 14.0. The highest BCUT2D eigenvalue weighted by Crippen LogP contribution is 2.40. The lowest BCUT2D eigenvalue weighted by Gasteiger charge is -2.43. The molecule has 1 unspecified atom stereocenters. The zero-order valence-corrected chi connectivity index (χ0v) is 23.0. The molecule has 0 radical (unpaired) electrons. The highest BCUT2D eigenvalue weighted by molar-refractivity contribution is 7.00. The average molecular weight is 457 g/mol. The molecule has 158 valence electrons. The minimum atomic E-state index is -1.79. The third-order valence-corrected chi connectivity index (χ3v) is 15.9. The Bertz CT molecular complexity index is 716. The van der Waals surface area contributed by atoms with Gasteiger partial charge in [0.25, 0.3) is 0 Å². The minimum Gasteiger partial charge on any atom is -0.448 e. The molecule has 0 aromatic heterocycles. The van der Waals surface area contributed by atoms with E-state index in [1.807, 2.05) is 6.92 Å².